The number of ether oxygens (including phenoxy) is 1. The Morgan fingerprint density at radius 3 is 2.41 bits per heavy atom. The first-order valence-electron chi connectivity index (χ1n) is 15.0. The first kappa shape index (κ1) is 29.0. The smallest absolute Gasteiger partial charge is 0.414 e. The van der Waals surface area contributed by atoms with Crippen LogP contribution in [0, 0.1) is 0 Å². The fourth-order valence-electron chi connectivity index (χ4n) is 6.24. The van der Waals surface area contributed by atoms with Gasteiger partial charge in [-0.05, 0) is 44.5 Å². The number of nitrogens with one attached hydrogen (secondary N) is 5. The molecule has 4 heterocycles. The monoisotopic (exact) mass is 617 g/mol. The number of quaternary nitrogens is 1. The summed E-state index contributed by atoms with van der Waals surface area (Å²) in [4.78, 5) is 60.4. The highest BCUT2D eigenvalue weighted by Gasteiger charge is 2.59. The van der Waals surface area contributed by atoms with Crippen LogP contribution in [-0.2, 0) is 11.2 Å². The molecule has 7 rings (SSSR count). The van der Waals surface area contributed by atoms with Crippen LogP contribution in [0.1, 0.15) is 54.0 Å². The minimum absolute atomic E-state index is 0.0913. The molecule has 4 amide bonds. The van der Waals surface area contributed by atoms with Gasteiger partial charge in [0.1, 0.15) is 17.7 Å². The molecule has 1 aliphatic rings. The van der Waals surface area contributed by atoms with Crippen LogP contribution >= 0.6 is 0 Å². The molecule has 3 aromatic carbocycles. The van der Waals surface area contributed by atoms with Crippen molar-refractivity contribution in [2.24, 2.45) is 0 Å². The van der Waals surface area contributed by atoms with Gasteiger partial charge in [0.05, 0.1) is 16.8 Å². The van der Waals surface area contributed by atoms with E-state index in [0.717, 1.165) is 27.7 Å². The molecule has 6 aromatic rings. The van der Waals surface area contributed by atoms with Crippen molar-refractivity contribution in [3.63, 3.8) is 0 Å². The SMILES string of the molecule is CC(C)(C)OC(=O)[N@@+]1(C(=O)Nc2nc3c(C(=O)Nc4ncc[nH]4)cccc3[nH]2)CCc2c([nH]c3ccccc23)C1c1ccccc1. The third kappa shape index (κ3) is 4.98. The van der Waals surface area contributed by atoms with E-state index in [1.165, 1.54) is 6.20 Å². The Bertz CT molecular complexity index is 2090. The van der Waals surface area contributed by atoms with Crippen molar-refractivity contribution < 1.29 is 23.6 Å². The van der Waals surface area contributed by atoms with Crippen molar-refractivity contribution in [2.45, 2.75) is 38.8 Å². The second-order valence-electron chi connectivity index (χ2n) is 12.3. The lowest BCUT2D eigenvalue weighted by atomic mass is 9.90. The van der Waals surface area contributed by atoms with Crippen LogP contribution in [0.2, 0.25) is 0 Å². The molecule has 1 aliphatic heterocycles. The molecule has 0 saturated carbocycles. The standard InChI is InChI=1S/C34H32N8O4/c1-34(2,3)46-33(45)42(19-16-22-21-12-7-8-14-24(21)37-27(22)28(42)20-10-5-4-6-11-20)32(44)41-31-38-25-15-9-13-23(26(25)39-31)29(43)40-30-35-17-18-36-30/h4-15,17-18,28,37H,16,19H2,1-3H3,(H3-,35,36,38,39,40,41,43,44)/p+1/t28?,42-/m0/s1. The summed E-state index contributed by atoms with van der Waals surface area (Å²) in [5, 5.41) is 6.64. The number of urea groups is 1. The molecule has 0 radical (unpaired) electrons. The Morgan fingerprint density at radius 2 is 1.65 bits per heavy atom. The Hall–Kier alpha value is -5.75. The van der Waals surface area contributed by atoms with Gasteiger partial charge in [-0.3, -0.25) is 10.1 Å². The van der Waals surface area contributed by atoms with Crippen molar-refractivity contribution in [1.29, 1.82) is 0 Å². The van der Waals surface area contributed by atoms with Crippen molar-refractivity contribution >= 4 is 51.9 Å². The number of aromatic amines is 3. The van der Waals surface area contributed by atoms with E-state index in [9.17, 15) is 14.4 Å². The lowest BCUT2D eigenvalue weighted by Crippen LogP contribution is -2.64. The number of para-hydroxylation sites is 2. The van der Waals surface area contributed by atoms with Crippen molar-refractivity contribution in [1.82, 2.24) is 24.9 Å². The van der Waals surface area contributed by atoms with E-state index >= 15 is 0 Å². The Balaban J connectivity index is 1.33. The number of fused-ring (bicyclic) bond motifs is 4. The van der Waals surface area contributed by atoms with Crippen LogP contribution in [0.5, 0.6) is 0 Å². The first-order chi connectivity index (χ1) is 22.1. The number of imidazole rings is 2. The van der Waals surface area contributed by atoms with Gasteiger partial charge in [-0.1, -0.05) is 54.6 Å². The summed E-state index contributed by atoms with van der Waals surface area (Å²) < 4.78 is 5.32. The quantitative estimate of drug-likeness (QED) is 0.139. The number of nitrogens with zero attached hydrogens (tertiary/aromatic N) is 3. The van der Waals surface area contributed by atoms with Gasteiger partial charge in [-0.25, -0.2) is 20.1 Å². The zero-order valence-corrected chi connectivity index (χ0v) is 25.5. The minimum atomic E-state index is -0.861. The molecule has 232 valence electrons. The zero-order chi connectivity index (χ0) is 32.1. The van der Waals surface area contributed by atoms with Gasteiger partial charge < -0.3 is 19.7 Å². The number of H-pyrrole nitrogens is 3. The predicted molar refractivity (Wildman–Crippen MR) is 173 cm³/mol. The zero-order valence-electron chi connectivity index (χ0n) is 25.5. The number of benzene rings is 3. The van der Waals surface area contributed by atoms with E-state index in [1.54, 1.807) is 45.2 Å². The number of amides is 4. The second kappa shape index (κ2) is 11.0. The summed E-state index contributed by atoms with van der Waals surface area (Å²) in [6.45, 7) is 5.49. The summed E-state index contributed by atoms with van der Waals surface area (Å²) in [7, 11) is 0. The van der Waals surface area contributed by atoms with Crippen LogP contribution in [0.25, 0.3) is 21.9 Å². The number of hydrogen-bond acceptors (Lipinski definition) is 6. The van der Waals surface area contributed by atoms with Gasteiger partial charge >= 0.3 is 12.1 Å². The Kier molecular flexibility index (Phi) is 6.93. The third-order valence-electron chi connectivity index (χ3n) is 8.19. The van der Waals surface area contributed by atoms with Gasteiger partial charge in [-0.15, -0.1) is 4.48 Å². The fraction of sp³-hybridized carbons (Fsp3) is 0.206. The fourth-order valence-corrected chi connectivity index (χ4v) is 6.24. The van der Waals surface area contributed by atoms with Crippen LogP contribution < -0.4 is 10.6 Å². The van der Waals surface area contributed by atoms with Crippen molar-refractivity contribution in [2.75, 3.05) is 17.2 Å². The average Bonchev–Trinajstić information content (AvgIpc) is 3.78. The molecule has 3 aromatic heterocycles. The largest absolute Gasteiger partial charge is 0.526 e. The third-order valence-corrected chi connectivity index (χ3v) is 8.19. The predicted octanol–water partition coefficient (Wildman–Crippen LogP) is 6.65. The van der Waals surface area contributed by atoms with Gasteiger partial charge in [0, 0.05) is 35.3 Å². The Labute approximate surface area is 263 Å². The van der Waals surface area contributed by atoms with E-state index in [4.69, 9.17) is 4.74 Å². The van der Waals surface area contributed by atoms with E-state index < -0.39 is 34.2 Å². The first-order valence-corrected chi connectivity index (χ1v) is 15.0. The number of carbonyl (C=O) groups excluding carboxylic acids is 3. The summed E-state index contributed by atoms with van der Waals surface area (Å²) in [5.41, 5.74) is 3.84. The van der Waals surface area contributed by atoms with E-state index in [-0.39, 0.29) is 18.1 Å². The number of anilines is 2. The molecule has 5 N–H and O–H groups in total. The lowest BCUT2D eigenvalue weighted by Gasteiger charge is -2.42. The van der Waals surface area contributed by atoms with Gasteiger partial charge in [0.2, 0.25) is 11.9 Å². The summed E-state index contributed by atoms with van der Waals surface area (Å²) in [6.07, 6.45) is 2.90. The van der Waals surface area contributed by atoms with E-state index in [0.29, 0.717) is 23.4 Å². The normalized spacial score (nSPS) is 17.8. The molecule has 46 heavy (non-hydrogen) atoms. The highest BCUT2D eigenvalue weighted by molar-refractivity contribution is 6.11. The van der Waals surface area contributed by atoms with Crippen molar-refractivity contribution in [3.8, 4) is 0 Å². The number of hydrogen-bond donors (Lipinski definition) is 5. The molecular formula is C34H33N8O4+. The lowest BCUT2D eigenvalue weighted by molar-refractivity contribution is -0.805. The van der Waals surface area contributed by atoms with Crippen LogP contribution in [0.15, 0.2) is 85.2 Å². The number of rotatable bonds is 4. The maximum absolute atomic E-state index is 14.7. The summed E-state index contributed by atoms with van der Waals surface area (Å²) in [6, 6.07) is 21.2. The van der Waals surface area contributed by atoms with Crippen LogP contribution in [0.4, 0.5) is 21.5 Å². The molecule has 1 unspecified atom stereocenters. The number of aromatic nitrogens is 5. The van der Waals surface area contributed by atoms with Crippen LogP contribution in [0.3, 0.4) is 0 Å². The molecule has 12 heteroatoms. The van der Waals surface area contributed by atoms with Gasteiger partial charge in [0.15, 0.2) is 6.04 Å². The highest BCUT2D eigenvalue weighted by atomic mass is 16.6. The van der Waals surface area contributed by atoms with E-state index in [2.05, 4.69) is 35.6 Å². The summed E-state index contributed by atoms with van der Waals surface area (Å²) in [5.74, 6) is -0.0366. The number of carbonyl (C=O) groups is 3. The topological polar surface area (TPSA) is 158 Å². The minimum Gasteiger partial charge on any atom is -0.414 e. The second-order valence-corrected chi connectivity index (χ2v) is 12.3. The molecule has 0 spiro atoms. The Morgan fingerprint density at radius 1 is 0.891 bits per heavy atom. The van der Waals surface area contributed by atoms with Crippen molar-refractivity contribution in [3.05, 3.63) is 108 Å². The number of imide groups is 1. The molecule has 0 fully saturated rings. The highest BCUT2D eigenvalue weighted by Crippen LogP contribution is 2.45. The molecule has 2 atom stereocenters. The molecule has 0 bridgehead atoms. The molecular weight excluding hydrogens is 584 g/mol. The molecule has 0 aliphatic carbocycles. The van der Waals surface area contributed by atoms with Gasteiger partial charge in [-0.2, -0.15) is 4.79 Å². The molecule has 12 nitrogen and oxygen atoms in total. The van der Waals surface area contributed by atoms with E-state index in [1.807, 2.05) is 54.6 Å². The molecule has 0 saturated heterocycles. The maximum Gasteiger partial charge on any atom is 0.526 e. The summed E-state index contributed by atoms with van der Waals surface area (Å²) >= 11 is 0. The van der Waals surface area contributed by atoms with Crippen LogP contribution in [-0.4, -0.2) is 59.6 Å². The average molecular weight is 618 g/mol. The maximum atomic E-state index is 14.7. The van der Waals surface area contributed by atoms with Gasteiger partial charge in [0.25, 0.3) is 5.91 Å².